The van der Waals surface area contributed by atoms with E-state index in [0.29, 0.717) is 5.56 Å². The van der Waals surface area contributed by atoms with Crippen LogP contribution in [0.1, 0.15) is 31.2 Å². The van der Waals surface area contributed by atoms with Gasteiger partial charge in [-0.2, -0.15) is 5.01 Å². The Bertz CT molecular complexity index is 1070. The van der Waals surface area contributed by atoms with Gasteiger partial charge in [-0.15, -0.1) is 5.10 Å². The van der Waals surface area contributed by atoms with Crippen molar-refractivity contribution in [2.24, 2.45) is 5.10 Å². The molecule has 1 heterocycles. The van der Waals surface area contributed by atoms with Crippen molar-refractivity contribution in [1.29, 1.82) is 0 Å². The second-order valence-corrected chi connectivity index (χ2v) is 7.09. The summed E-state index contributed by atoms with van der Waals surface area (Å²) >= 11 is 3.36. The summed E-state index contributed by atoms with van der Waals surface area (Å²) in [5.41, 5.74) is 0.286. The monoisotopic (exact) mass is 477 g/mol. The zero-order chi connectivity index (χ0) is 22.0. The first-order chi connectivity index (χ1) is 14.2. The average Bonchev–Trinajstić information content (AvgIpc) is 3.13. The Kier molecular flexibility index (Phi) is 6.01. The summed E-state index contributed by atoms with van der Waals surface area (Å²) in [6.07, 6.45) is -0.912. The van der Waals surface area contributed by atoms with Crippen LogP contribution in [0.5, 0.6) is 11.5 Å². The lowest BCUT2D eigenvalue weighted by Gasteiger charge is -2.19. The Hall–Kier alpha value is -3.47. The maximum atomic E-state index is 12.2. The maximum absolute atomic E-state index is 12.2. The summed E-state index contributed by atoms with van der Waals surface area (Å²) in [5.74, 6) is -1.38. The molecule has 2 aromatic rings. The quantitative estimate of drug-likeness (QED) is 0.279. The van der Waals surface area contributed by atoms with Crippen LogP contribution in [0.25, 0.3) is 0 Å². The van der Waals surface area contributed by atoms with Gasteiger partial charge in [-0.05, 0) is 12.1 Å². The summed E-state index contributed by atoms with van der Waals surface area (Å²) in [5, 5.41) is 16.6. The Morgan fingerprint density at radius 2 is 2.00 bits per heavy atom. The summed E-state index contributed by atoms with van der Waals surface area (Å²) in [7, 11) is 1.28. The Morgan fingerprint density at radius 3 is 2.57 bits per heavy atom. The number of carbonyl (C=O) groups is 2. The van der Waals surface area contributed by atoms with Crippen LogP contribution in [0, 0.1) is 10.1 Å². The van der Waals surface area contributed by atoms with Crippen LogP contribution in [0.15, 0.2) is 46.0 Å². The summed E-state index contributed by atoms with van der Waals surface area (Å²) in [6, 6.07) is 9.32. The van der Waals surface area contributed by atoms with Gasteiger partial charge in [0.05, 0.1) is 23.7 Å². The number of hydrogen-bond donors (Lipinski definition) is 0. The van der Waals surface area contributed by atoms with Crippen LogP contribution in [0.4, 0.5) is 5.69 Å². The molecule has 30 heavy (non-hydrogen) atoms. The number of nitro groups is 1. The van der Waals surface area contributed by atoms with Gasteiger partial charge in [-0.1, -0.05) is 28.1 Å². The lowest BCUT2D eigenvalue weighted by atomic mass is 10.1. The summed E-state index contributed by atoms with van der Waals surface area (Å²) in [6.45, 7) is 2.48. The van der Waals surface area contributed by atoms with E-state index in [1.807, 2.05) is 6.07 Å². The molecule has 0 bridgehead atoms. The number of nitro benzene ring substituents is 1. The fourth-order valence-corrected chi connectivity index (χ4v) is 3.22. The molecule has 1 atom stereocenters. The van der Waals surface area contributed by atoms with Crippen LogP contribution in [-0.2, 0) is 14.3 Å². The van der Waals surface area contributed by atoms with Crippen molar-refractivity contribution in [2.45, 2.75) is 20.1 Å². The molecule has 0 aromatic heterocycles. The third-order valence-electron chi connectivity index (χ3n) is 4.05. The molecule has 0 saturated carbocycles. The predicted molar refractivity (Wildman–Crippen MR) is 108 cm³/mol. The molecule has 1 amide bonds. The molecule has 0 unspecified atom stereocenters. The van der Waals surface area contributed by atoms with Crippen molar-refractivity contribution in [3.05, 3.63) is 62.1 Å². The predicted octanol–water partition coefficient (Wildman–Crippen LogP) is 3.53. The molecule has 10 nitrogen and oxygen atoms in total. The highest BCUT2D eigenvalue weighted by Gasteiger charge is 2.36. The van der Waals surface area contributed by atoms with Gasteiger partial charge in [0.25, 0.3) is 5.69 Å². The number of nitrogens with zero attached hydrogens (tertiary/aromatic N) is 3. The van der Waals surface area contributed by atoms with E-state index in [4.69, 9.17) is 14.2 Å². The number of halogens is 1. The first-order valence-electron chi connectivity index (χ1n) is 8.57. The van der Waals surface area contributed by atoms with E-state index in [1.54, 1.807) is 18.2 Å². The van der Waals surface area contributed by atoms with Crippen molar-refractivity contribution in [1.82, 2.24) is 5.01 Å². The minimum atomic E-state index is -0.912. The second kappa shape index (κ2) is 8.49. The number of ether oxygens (including phenoxy) is 3. The molecule has 11 heteroatoms. The molecule has 0 spiro atoms. The summed E-state index contributed by atoms with van der Waals surface area (Å²) < 4.78 is 17.0. The molecule has 0 radical (unpaired) electrons. The van der Waals surface area contributed by atoms with Gasteiger partial charge in [0.2, 0.25) is 18.0 Å². The third-order valence-corrected chi connectivity index (χ3v) is 4.54. The second-order valence-electron chi connectivity index (χ2n) is 6.17. The molecule has 0 aliphatic carbocycles. The average molecular weight is 478 g/mol. The van der Waals surface area contributed by atoms with Crippen molar-refractivity contribution < 1.29 is 28.7 Å². The van der Waals surface area contributed by atoms with E-state index in [0.717, 1.165) is 21.6 Å². The Balaban J connectivity index is 2.14. The smallest absolute Gasteiger partial charge is 0.308 e. The Labute approximate surface area is 179 Å². The number of benzene rings is 2. The summed E-state index contributed by atoms with van der Waals surface area (Å²) in [4.78, 5) is 34.5. The van der Waals surface area contributed by atoms with E-state index >= 15 is 0 Å². The highest BCUT2D eigenvalue weighted by Crippen LogP contribution is 2.40. The van der Waals surface area contributed by atoms with Crippen molar-refractivity contribution in [3.63, 3.8) is 0 Å². The number of rotatable bonds is 5. The van der Waals surface area contributed by atoms with Crippen LogP contribution in [-0.4, -0.2) is 34.8 Å². The lowest BCUT2D eigenvalue weighted by molar-refractivity contribution is -0.385. The van der Waals surface area contributed by atoms with Gasteiger partial charge in [0.15, 0.2) is 11.5 Å². The van der Waals surface area contributed by atoms with E-state index in [9.17, 15) is 19.7 Å². The highest BCUT2D eigenvalue weighted by atomic mass is 79.9. The van der Waals surface area contributed by atoms with Crippen molar-refractivity contribution in [2.75, 3.05) is 7.11 Å². The largest absolute Gasteiger partial charge is 0.493 e. The third kappa shape index (κ3) is 4.25. The number of methoxy groups -OCH3 is 1. The van der Waals surface area contributed by atoms with E-state index in [1.165, 1.54) is 21.0 Å². The zero-order valence-corrected chi connectivity index (χ0v) is 17.7. The zero-order valence-electron chi connectivity index (χ0n) is 16.1. The molecule has 0 fully saturated rings. The number of amides is 1. The van der Waals surface area contributed by atoms with Gasteiger partial charge in [0.1, 0.15) is 0 Å². The molecule has 0 N–H and O–H groups in total. The minimum Gasteiger partial charge on any atom is -0.493 e. The van der Waals surface area contributed by atoms with Crippen LogP contribution < -0.4 is 9.47 Å². The number of hydrogen-bond acceptors (Lipinski definition) is 8. The highest BCUT2D eigenvalue weighted by molar-refractivity contribution is 9.10. The standard InChI is InChI=1S/C19H16BrN3O7/c1-10(24)22-19(12-5-4-6-13(20)7-12)30-18(21-22)15-8-14(23(26)27)9-16(28-3)17(15)29-11(2)25/h4-9,19H,1-3H3/t19-/m0/s1. The van der Waals surface area contributed by atoms with E-state index in [2.05, 4.69) is 21.0 Å². The molecule has 1 aliphatic heterocycles. The molecule has 2 aromatic carbocycles. The van der Waals surface area contributed by atoms with Gasteiger partial charge in [-0.3, -0.25) is 19.7 Å². The van der Waals surface area contributed by atoms with Gasteiger partial charge < -0.3 is 14.2 Å². The topological polar surface area (TPSA) is 121 Å². The fraction of sp³-hybridized carbons (Fsp3) is 0.211. The number of hydrazone groups is 1. The SMILES string of the molecule is COc1cc([N+](=O)[O-])cc(C2=NN(C(C)=O)[C@H](c3cccc(Br)c3)O2)c1OC(C)=O. The van der Waals surface area contributed by atoms with Gasteiger partial charge in [0, 0.05) is 30.0 Å². The molecule has 0 saturated heterocycles. The van der Waals surface area contributed by atoms with Crippen molar-refractivity contribution >= 4 is 39.4 Å². The first kappa shape index (κ1) is 21.2. The molecule has 1 aliphatic rings. The molecule has 156 valence electrons. The minimum absolute atomic E-state index is 0.00000295. The number of esters is 1. The normalized spacial score (nSPS) is 15.3. The van der Waals surface area contributed by atoms with Gasteiger partial charge in [-0.25, -0.2) is 0 Å². The number of non-ortho nitro benzene ring substituents is 1. The van der Waals surface area contributed by atoms with Gasteiger partial charge >= 0.3 is 5.97 Å². The molecular formula is C19H16BrN3O7. The molecule has 3 rings (SSSR count). The van der Waals surface area contributed by atoms with Crippen LogP contribution in [0.2, 0.25) is 0 Å². The van der Waals surface area contributed by atoms with E-state index in [-0.39, 0.29) is 28.6 Å². The maximum Gasteiger partial charge on any atom is 0.308 e. The van der Waals surface area contributed by atoms with Crippen LogP contribution >= 0.6 is 15.9 Å². The van der Waals surface area contributed by atoms with Crippen molar-refractivity contribution in [3.8, 4) is 11.5 Å². The fourth-order valence-electron chi connectivity index (χ4n) is 2.80. The number of carbonyl (C=O) groups excluding carboxylic acids is 2. The molecular weight excluding hydrogens is 462 g/mol. The lowest BCUT2D eigenvalue weighted by Crippen LogP contribution is -2.25. The Morgan fingerprint density at radius 1 is 1.27 bits per heavy atom. The first-order valence-corrected chi connectivity index (χ1v) is 9.36. The van der Waals surface area contributed by atoms with Crippen LogP contribution in [0.3, 0.4) is 0 Å². The van der Waals surface area contributed by atoms with E-state index < -0.39 is 23.0 Å².